The van der Waals surface area contributed by atoms with Crippen LogP contribution in [0.3, 0.4) is 0 Å². The number of rotatable bonds is 4. The molecule has 1 aliphatic rings. The molecule has 1 unspecified atom stereocenters. The number of aliphatic carboxylic acids is 1. The van der Waals surface area contributed by atoms with E-state index in [1.807, 2.05) is 0 Å². The van der Waals surface area contributed by atoms with Gasteiger partial charge in [0.1, 0.15) is 6.04 Å². The number of amides is 2. The minimum atomic E-state index is -1.10. The van der Waals surface area contributed by atoms with Crippen LogP contribution in [0, 0.1) is 12.3 Å². The second-order valence-electron chi connectivity index (χ2n) is 4.30. The largest absolute Gasteiger partial charge is 0.480 e. The van der Waals surface area contributed by atoms with Gasteiger partial charge < -0.3 is 15.3 Å². The van der Waals surface area contributed by atoms with Crippen LogP contribution in [0.15, 0.2) is 0 Å². The van der Waals surface area contributed by atoms with Crippen LogP contribution < -0.4 is 5.32 Å². The molecule has 1 fully saturated rings. The highest BCUT2D eigenvalue weighted by atomic mass is 16.4. The number of carbonyl (C=O) groups is 2. The van der Waals surface area contributed by atoms with Gasteiger partial charge in [-0.05, 0) is 12.8 Å². The molecule has 0 heterocycles. The van der Waals surface area contributed by atoms with Crippen molar-refractivity contribution in [3.05, 3.63) is 0 Å². The Hall–Kier alpha value is -1.70. The predicted octanol–water partition coefficient (Wildman–Crippen LogP) is 1.05. The molecule has 0 bridgehead atoms. The maximum atomic E-state index is 11.8. The molecule has 0 aromatic carbocycles. The average molecular weight is 238 g/mol. The smallest absolute Gasteiger partial charge is 0.327 e. The lowest BCUT2D eigenvalue weighted by Crippen LogP contribution is -2.49. The Kier molecular flexibility index (Phi) is 4.83. The van der Waals surface area contributed by atoms with E-state index in [4.69, 9.17) is 11.5 Å². The second kappa shape index (κ2) is 6.14. The van der Waals surface area contributed by atoms with Crippen LogP contribution in [0.1, 0.15) is 32.1 Å². The molecule has 0 aromatic rings. The van der Waals surface area contributed by atoms with Gasteiger partial charge >= 0.3 is 12.0 Å². The van der Waals surface area contributed by atoms with E-state index in [0.717, 1.165) is 25.7 Å². The molecule has 0 saturated heterocycles. The number of urea groups is 1. The predicted molar refractivity (Wildman–Crippen MR) is 63.4 cm³/mol. The van der Waals surface area contributed by atoms with Gasteiger partial charge in [0.15, 0.2) is 0 Å². The number of carboxylic acids is 1. The zero-order valence-corrected chi connectivity index (χ0v) is 9.98. The van der Waals surface area contributed by atoms with Crippen molar-refractivity contribution in [2.75, 3.05) is 7.05 Å². The first kappa shape index (κ1) is 13.4. The zero-order valence-electron chi connectivity index (χ0n) is 9.98. The number of carbonyl (C=O) groups excluding carboxylic acids is 1. The van der Waals surface area contributed by atoms with Crippen molar-refractivity contribution in [3.8, 4) is 12.3 Å². The van der Waals surface area contributed by atoms with Gasteiger partial charge in [-0.2, -0.15) is 0 Å². The molecule has 2 amide bonds. The van der Waals surface area contributed by atoms with E-state index in [-0.39, 0.29) is 18.5 Å². The third-order valence-corrected chi connectivity index (χ3v) is 3.11. The Morgan fingerprint density at radius 1 is 1.53 bits per heavy atom. The highest BCUT2D eigenvalue weighted by Gasteiger charge is 2.26. The molecule has 2 N–H and O–H groups in total. The summed E-state index contributed by atoms with van der Waals surface area (Å²) < 4.78 is 0. The maximum Gasteiger partial charge on any atom is 0.327 e. The molecular formula is C12H18N2O3. The SMILES string of the molecule is C#CCC(NC(=O)N(C)C1CCCC1)C(=O)O. The molecule has 0 spiro atoms. The van der Waals surface area contributed by atoms with Crippen LogP contribution in [0.2, 0.25) is 0 Å². The van der Waals surface area contributed by atoms with Crippen molar-refractivity contribution in [3.63, 3.8) is 0 Å². The normalized spacial score (nSPS) is 17.2. The molecule has 94 valence electrons. The van der Waals surface area contributed by atoms with Gasteiger partial charge in [-0.15, -0.1) is 12.3 Å². The molecule has 0 aromatic heterocycles. The Balaban J connectivity index is 2.51. The van der Waals surface area contributed by atoms with Crippen LogP contribution in [0.5, 0.6) is 0 Å². The molecule has 1 atom stereocenters. The van der Waals surface area contributed by atoms with Gasteiger partial charge in [-0.1, -0.05) is 12.8 Å². The monoisotopic (exact) mass is 238 g/mol. The number of hydrogen-bond acceptors (Lipinski definition) is 2. The minimum absolute atomic E-state index is 0.000417. The fourth-order valence-corrected chi connectivity index (χ4v) is 2.03. The van der Waals surface area contributed by atoms with Crippen molar-refractivity contribution in [1.82, 2.24) is 10.2 Å². The van der Waals surface area contributed by atoms with Crippen molar-refractivity contribution < 1.29 is 14.7 Å². The average Bonchev–Trinajstić information content (AvgIpc) is 2.80. The first-order valence-electron chi connectivity index (χ1n) is 5.76. The third kappa shape index (κ3) is 3.66. The highest BCUT2D eigenvalue weighted by molar-refractivity contribution is 5.82. The molecule has 1 rings (SSSR count). The minimum Gasteiger partial charge on any atom is -0.480 e. The van der Waals surface area contributed by atoms with E-state index in [9.17, 15) is 9.59 Å². The first-order valence-corrected chi connectivity index (χ1v) is 5.76. The lowest BCUT2D eigenvalue weighted by atomic mass is 10.2. The zero-order chi connectivity index (χ0) is 12.8. The summed E-state index contributed by atoms with van der Waals surface area (Å²) in [4.78, 5) is 24.2. The summed E-state index contributed by atoms with van der Waals surface area (Å²) >= 11 is 0. The highest BCUT2D eigenvalue weighted by Crippen LogP contribution is 2.22. The van der Waals surface area contributed by atoms with E-state index < -0.39 is 12.0 Å². The summed E-state index contributed by atoms with van der Waals surface area (Å²) in [6.07, 6.45) is 9.27. The summed E-state index contributed by atoms with van der Waals surface area (Å²) in [5, 5.41) is 11.3. The Morgan fingerprint density at radius 2 is 2.12 bits per heavy atom. The Morgan fingerprint density at radius 3 is 2.59 bits per heavy atom. The van der Waals surface area contributed by atoms with Gasteiger partial charge in [-0.3, -0.25) is 0 Å². The first-order chi connectivity index (χ1) is 8.06. The van der Waals surface area contributed by atoms with Gasteiger partial charge in [0.25, 0.3) is 0 Å². The molecule has 1 saturated carbocycles. The van der Waals surface area contributed by atoms with Crippen molar-refractivity contribution in [2.45, 2.75) is 44.2 Å². The summed E-state index contributed by atoms with van der Waals surface area (Å²) in [5.74, 6) is 1.15. The number of hydrogen-bond donors (Lipinski definition) is 2. The fourth-order valence-electron chi connectivity index (χ4n) is 2.03. The molecule has 5 heteroatoms. The molecule has 1 aliphatic carbocycles. The Bertz CT molecular complexity index is 329. The summed E-state index contributed by atoms with van der Waals surface area (Å²) in [7, 11) is 1.69. The van der Waals surface area contributed by atoms with Gasteiger partial charge in [0.05, 0.1) is 0 Å². The van der Waals surface area contributed by atoms with E-state index in [1.54, 1.807) is 11.9 Å². The number of nitrogens with one attached hydrogen (secondary N) is 1. The van der Waals surface area contributed by atoms with Crippen LogP contribution in [0.25, 0.3) is 0 Å². The van der Waals surface area contributed by atoms with Crippen LogP contribution in [-0.4, -0.2) is 41.1 Å². The molecule has 0 radical (unpaired) electrons. The van der Waals surface area contributed by atoms with E-state index in [0.29, 0.717) is 0 Å². The molecule has 0 aliphatic heterocycles. The summed E-state index contributed by atoms with van der Waals surface area (Å²) in [6, 6.07) is -1.15. The molecular weight excluding hydrogens is 220 g/mol. The van der Waals surface area contributed by atoms with E-state index >= 15 is 0 Å². The summed E-state index contributed by atoms with van der Waals surface area (Å²) in [6.45, 7) is 0. The van der Waals surface area contributed by atoms with E-state index in [2.05, 4.69) is 11.2 Å². The van der Waals surface area contributed by atoms with Gasteiger partial charge in [0, 0.05) is 19.5 Å². The van der Waals surface area contributed by atoms with Crippen molar-refractivity contribution in [1.29, 1.82) is 0 Å². The van der Waals surface area contributed by atoms with Gasteiger partial charge in [0.2, 0.25) is 0 Å². The maximum absolute atomic E-state index is 11.8. The lowest BCUT2D eigenvalue weighted by Gasteiger charge is -2.26. The van der Waals surface area contributed by atoms with E-state index in [1.165, 1.54) is 0 Å². The Labute approximate surface area is 101 Å². The summed E-state index contributed by atoms with van der Waals surface area (Å²) in [5.41, 5.74) is 0. The fraction of sp³-hybridized carbons (Fsp3) is 0.667. The van der Waals surface area contributed by atoms with Crippen LogP contribution >= 0.6 is 0 Å². The van der Waals surface area contributed by atoms with Crippen molar-refractivity contribution >= 4 is 12.0 Å². The number of nitrogens with zero attached hydrogens (tertiary/aromatic N) is 1. The van der Waals surface area contributed by atoms with Gasteiger partial charge in [-0.25, -0.2) is 9.59 Å². The topological polar surface area (TPSA) is 69.6 Å². The lowest BCUT2D eigenvalue weighted by molar-refractivity contribution is -0.139. The standard InChI is InChI=1S/C12H18N2O3/c1-3-6-10(11(15)16)13-12(17)14(2)9-7-4-5-8-9/h1,9-10H,4-8H2,2H3,(H,13,17)(H,15,16). The second-order valence-corrected chi connectivity index (χ2v) is 4.30. The van der Waals surface area contributed by atoms with Crippen molar-refractivity contribution in [2.24, 2.45) is 0 Å². The molecule has 5 nitrogen and oxygen atoms in total. The molecule has 17 heavy (non-hydrogen) atoms. The number of carboxylic acid groups (broad SMARTS) is 1. The van der Waals surface area contributed by atoms with Crippen LogP contribution in [-0.2, 0) is 4.79 Å². The number of terminal acetylenes is 1. The quantitative estimate of drug-likeness (QED) is 0.719. The third-order valence-electron chi connectivity index (χ3n) is 3.11. The van der Waals surface area contributed by atoms with Crippen LogP contribution in [0.4, 0.5) is 4.79 Å².